The molecule has 0 saturated carbocycles. The lowest BCUT2D eigenvalue weighted by atomic mass is 10.1. The zero-order valence-corrected chi connectivity index (χ0v) is 10.8. The normalized spacial score (nSPS) is 12.9. The Balaban J connectivity index is 2.13. The summed E-state index contributed by atoms with van der Waals surface area (Å²) >= 11 is 7.67. The molecule has 1 aromatic heterocycles. The fourth-order valence-electron chi connectivity index (χ4n) is 1.50. The Morgan fingerprint density at radius 2 is 2.25 bits per heavy atom. The molecule has 0 fully saturated rings. The molecule has 1 aromatic carbocycles. The number of benzene rings is 1. The van der Waals surface area contributed by atoms with Crippen LogP contribution in [0.5, 0.6) is 0 Å². The molecular weight excluding hydrogens is 238 g/mol. The molecule has 0 aliphatic heterocycles. The van der Waals surface area contributed by atoms with Gasteiger partial charge in [0.2, 0.25) is 0 Å². The minimum atomic E-state index is 0.506. The Labute approximate surface area is 105 Å². The molecule has 1 unspecified atom stereocenters. The van der Waals surface area contributed by atoms with Crippen molar-refractivity contribution < 1.29 is 0 Å². The van der Waals surface area contributed by atoms with E-state index in [2.05, 4.69) is 36.2 Å². The van der Waals surface area contributed by atoms with E-state index in [1.54, 1.807) is 0 Å². The number of pyridine rings is 1. The van der Waals surface area contributed by atoms with Crippen molar-refractivity contribution >= 4 is 34.3 Å². The van der Waals surface area contributed by atoms with Crippen LogP contribution in [0, 0.1) is 0 Å². The minimum Gasteiger partial charge on any atom is -0.256 e. The van der Waals surface area contributed by atoms with E-state index in [0.717, 1.165) is 11.3 Å². The van der Waals surface area contributed by atoms with E-state index in [1.807, 2.05) is 24.0 Å². The van der Waals surface area contributed by atoms with Gasteiger partial charge in [0.1, 0.15) is 0 Å². The summed E-state index contributed by atoms with van der Waals surface area (Å²) in [6.45, 7) is 2.15. The van der Waals surface area contributed by atoms with E-state index in [0.29, 0.717) is 11.1 Å². The van der Waals surface area contributed by atoms with Gasteiger partial charge in [-0.3, -0.25) is 4.98 Å². The number of thioether (sulfide) groups is 1. The van der Waals surface area contributed by atoms with E-state index in [1.165, 1.54) is 10.9 Å². The monoisotopic (exact) mass is 251 g/mol. The number of alkyl halides is 1. The fourth-order valence-corrected chi connectivity index (χ4v) is 2.51. The van der Waals surface area contributed by atoms with Crippen LogP contribution >= 0.6 is 23.4 Å². The highest BCUT2D eigenvalue weighted by Crippen LogP contribution is 2.21. The Morgan fingerprint density at radius 3 is 3.06 bits per heavy atom. The van der Waals surface area contributed by atoms with Gasteiger partial charge in [0.15, 0.2) is 0 Å². The summed E-state index contributed by atoms with van der Waals surface area (Å²) in [5.74, 6) is 1.72. The van der Waals surface area contributed by atoms with Gasteiger partial charge < -0.3 is 0 Å². The molecule has 0 aliphatic carbocycles. The maximum Gasteiger partial charge on any atom is 0.0702 e. The van der Waals surface area contributed by atoms with E-state index in [9.17, 15) is 0 Å². The molecular formula is C13H14ClNS. The molecule has 0 radical (unpaired) electrons. The van der Waals surface area contributed by atoms with Crippen LogP contribution in [0.25, 0.3) is 10.9 Å². The van der Waals surface area contributed by atoms with Crippen molar-refractivity contribution in [3.8, 4) is 0 Å². The molecule has 84 valence electrons. The van der Waals surface area contributed by atoms with Gasteiger partial charge in [-0.05, 0) is 23.8 Å². The summed E-state index contributed by atoms with van der Waals surface area (Å²) in [6.07, 6.45) is 1.83. The van der Waals surface area contributed by atoms with Crippen LogP contribution in [-0.4, -0.2) is 16.1 Å². The first kappa shape index (κ1) is 11.7. The van der Waals surface area contributed by atoms with Gasteiger partial charge in [-0.15, -0.1) is 11.6 Å². The van der Waals surface area contributed by atoms with E-state index in [4.69, 9.17) is 11.6 Å². The molecule has 0 amide bonds. The van der Waals surface area contributed by atoms with Gasteiger partial charge in [0.05, 0.1) is 5.52 Å². The molecule has 1 heterocycles. The zero-order valence-electron chi connectivity index (χ0n) is 9.19. The Bertz CT molecular complexity index is 472. The summed E-state index contributed by atoms with van der Waals surface area (Å²) < 4.78 is 0. The second kappa shape index (κ2) is 5.55. The van der Waals surface area contributed by atoms with Crippen molar-refractivity contribution in [1.82, 2.24) is 4.98 Å². The standard InChI is InChI=1S/C13H14ClNS/c1-10(8-14)16-9-11-4-5-13-12(7-11)3-2-6-15-13/h2-7,10H,8-9H2,1H3. The number of fused-ring (bicyclic) bond motifs is 1. The van der Waals surface area contributed by atoms with Gasteiger partial charge in [-0.2, -0.15) is 11.8 Å². The predicted octanol–water partition coefficient (Wildman–Crippen LogP) is 4.10. The van der Waals surface area contributed by atoms with Crippen molar-refractivity contribution in [3.63, 3.8) is 0 Å². The Kier molecular flexibility index (Phi) is 4.08. The first-order valence-corrected chi connectivity index (χ1v) is 6.89. The number of hydrogen-bond acceptors (Lipinski definition) is 2. The van der Waals surface area contributed by atoms with Crippen molar-refractivity contribution in [3.05, 3.63) is 42.1 Å². The van der Waals surface area contributed by atoms with Gasteiger partial charge >= 0.3 is 0 Å². The van der Waals surface area contributed by atoms with Crippen molar-refractivity contribution in [1.29, 1.82) is 0 Å². The zero-order chi connectivity index (χ0) is 11.4. The fraction of sp³-hybridized carbons (Fsp3) is 0.308. The molecule has 2 aromatic rings. The van der Waals surface area contributed by atoms with Crippen LogP contribution in [0.15, 0.2) is 36.5 Å². The van der Waals surface area contributed by atoms with Crippen LogP contribution in [0.2, 0.25) is 0 Å². The highest BCUT2D eigenvalue weighted by atomic mass is 35.5. The predicted molar refractivity (Wildman–Crippen MR) is 73.2 cm³/mol. The van der Waals surface area contributed by atoms with Crippen molar-refractivity contribution in [2.24, 2.45) is 0 Å². The summed E-state index contributed by atoms with van der Waals surface area (Å²) in [4.78, 5) is 4.31. The minimum absolute atomic E-state index is 0.506. The smallest absolute Gasteiger partial charge is 0.0702 e. The van der Waals surface area contributed by atoms with Crippen LogP contribution in [0.3, 0.4) is 0 Å². The topological polar surface area (TPSA) is 12.9 Å². The largest absolute Gasteiger partial charge is 0.256 e. The average molecular weight is 252 g/mol. The van der Waals surface area contributed by atoms with E-state index >= 15 is 0 Å². The molecule has 1 nitrogen and oxygen atoms in total. The second-order valence-corrected chi connectivity index (χ2v) is 5.54. The number of aromatic nitrogens is 1. The lowest BCUT2D eigenvalue weighted by Gasteiger charge is -2.07. The quantitative estimate of drug-likeness (QED) is 0.759. The number of halogens is 1. The molecule has 0 N–H and O–H groups in total. The molecule has 16 heavy (non-hydrogen) atoms. The van der Waals surface area contributed by atoms with E-state index in [-0.39, 0.29) is 0 Å². The SMILES string of the molecule is CC(CCl)SCc1ccc2ncccc2c1. The third-order valence-corrected chi connectivity index (χ3v) is 4.30. The highest BCUT2D eigenvalue weighted by Gasteiger charge is 2.02. The second-order valence-electron chi connectivity index (χ2n) is 3.81. The number of hydrogen-bond donors (Lipinski definition) is 0. The first-order chi connectivity index (χ1) is 7.79. The molecule has 0 spiro atoms. The molecule has 0 saturated heterocycles. The van der Waals surface area contributed by atoms with Crippen LogP contribution in [-0.2, 0) is 5.75 Å². The lowest BCUT2D eigenvalue weighted by Crippen LogP contribution is -1.97. The lowest BCUT2D eigenvalue weighted by molar-refractivity contribution is 1.12. The number of rotatable bonds is 4. The van der Waals surface area contributed by atoms with Gasteiger partial charge in [0.25, 0.3) is 0 Å². The van der Waals surface area contributed by atoms with Gasteiger partial charge in [-0.1, -0.05) is 19.1 Å². The molecule has 0 bridgehead atoms. The highest BCUT2D eigenvalue weighted by molar-refractivity contribution is 7.99. The Morgan fingerprint density at radius 1 is 1.38 bits per heavy atom. The first-order valence-electron chi connectivity index (χ1n) is 5.31. The summed E-state index contributed by atoms with van der Waals surface area (Å²) in [5.41, 5.74) is 2.39. The maximum absolute atomic E-state index is 5.78. The third kappa shape index (κ3) is 2.89. The van der Waals surface area contributed by atoms with Crippen molar-refractivity contribution in [2.75, 3.05) is 5.88 Å². The van der Waals surface area contributed by atoms with Crippen molar-refractivity contribution in [2.45, 2.75) is 17.9 Å². The molecule has 3 heteroatoms. The number of nitrogens with zero attached hydrogens (tertiary/aromatic N) is 1. The Hall–Kier alpha value is -0.730. The third-order valence-electron chi connectivity index (χ3n) is 2.42. The van der Waals surface area contributed by atoms with Crippen LogP contribution in [0.4, 0.5) is 0 Å². The summed E-state index contributed by atoms with van der Waals surface area (Å²) in [6, 6.07) is 10.5. The van der Waals surface area contributed by atoms with Gasteiger partial charge in [0, 0.05) is 28.5 Å². The summed E-state index contributed by atoms with van der Waals surface area (Å²) in [7, 11) is 0. The average Bonchev–Trinajstić information content (AvgIpc) is 2.35. The maximum atomic E-state index is 5.78. The van der Waals surface area contributed by atoms with Crippen LogP contribution in [0.1, 0.15) is 12.5 Å². The summed E-state index contributed by atoms with van der Waals surface area (Å²) in [5, 5.41) is 1.71. The van der Waals surface area contributed by atoms with Crippen LogP contribution < -0.4 is 0 Å². The molecule has 2 rings (SSSR count). The molecule has 1 atom stereocenters. The van der Waals surface area contributed by atoms with Gasteiger partial charge in [-0.25, -0.2) is 0 Å². The van der Waals surface area contributed by atoms with E-state index < -0.39 is 0 Å². The molecule has 0 aliphatic rings.